The van der Waals surface area contributed by atoms with Gasteiger partial charge in [-0.3, -0.25) is 4.99 Å². The number of rotatable bonds is 2. The van der Waals surface area contributed by atoms with Crippen LogP contribution in [0.4, 0.5) is 0 Å². The molecule has 1 aromatic carbocycles. The second-order valence-corrected chi connectivity index (χ2v) is 3.69. The largest absolute Gasteiger partial charge is 0.315 e. The Morgan fingerprint density at radius 2 is 2.14 bits per heavy atom. The summed E-state index contributed by atoms with van der Waals surface area (Å²) in [5.41, 5.74) is 1.19. The van der Waals surface area contributed by atoms with Gasteiger partial charge in [-0.2, -0.15) is 0 Å². The first-order chi connectivity index (χ1) is 6.95. The molecule has 0 radical (unpaired) electrons. The van der Waals surface area contributed by atoms with Crippen LogP contribution in [0.5, 0.6) is 0 Å². The second-order valence-electron chi connectivity index (χ2n) is 3.69. The van der Waals surface area contributed by atoms with Crippen LogP contribution >= 0.6 is 0 Å². The van der Waals surface area contributed by atoms with Crippen LogP contribution in [-0.4, -0.2) is 25.3 Å². The highest BCUT2D eigenvalue weighted by Gasteiger charge is 2.09. The Bertz CT molecular complexity index is 286. The van der Waals surface area contributed by atoms with Crippen molar-refractivity contribution in [2.24, 2.45) is 4.99 Å². The molecule has 0 bridgehead atoms. The number of nitrogens with zero attached hydrogens (tertiary/aromatic N) is 1. The van der Waals surface area contributed by atoms with Gasteiger partial charge in [-0.25, -0.2) is 0 Å². The van der Waals surface area contributed by atoms with Gasteiger partial charge in [0, 0.05) is 12.8 Å². The maximum Gasteiger partial charge on any atom is 0.0624 e. The molecule has 0 spiro atoms. The van der Waals surface area contributed by atoms with Gasteiger partial charge in [-0.1, -0.05) is 30.3 Å². The fourth-order valence-electron chi connectivity index (χ4n) is 1.69. The minimum Gasteiger partial charge on any atom is -0.315 e. The summed E-state index contributed by atoms with van der Waals surface area (Å²) in [6.45, 7) is 2.18. The van der Waals surface area contributed by atoms with Crippen LogP contribution in [0.3, 0.4) is 0 Å². The molecule has 1 saturated heterocycles. The Labute approximate surface area is 85.1 Å². The van der Waals surface area contributed by atoms with Gasteiger partial charge in [-0.05, 0) is 24.9 Å². The quantitative estimate of drug-likeness (QED) is 0.704. The zero-order chi connectivity index (χ0) is 9.64. The van der Waals surface area contributed by atoms with E-state index in [9.17, 15) is 0 Å². The monoisotopic (exact) mass is 188 g/mol. The Hall–Kier alpha value is -1.15. The molecule has 1 aliphatic heterocycles. The fourth-order valence-corrected chi connectivity index (χ4v) is 1.69. The maximum absolute atomic E-state index is 4.57. The van der Waals surface area contributed by atoms with Gasteiger partial charge >= 0.3 is 0 Å². The summed E-state index contributed by atoms with van der Waals surface area (Å²) in [4.78, 5) is 4.57. The molecule has 0 saturated carbocycles. The van der Waals surface area contributed by atoms with Gasteiger partial charge in [0.25, 0.3) is 0 Å². The third kappa shape index (κ3) is 2.67. The number of piperidine rings is 1. The molecule has 1 atom stereocenters. The second kappa shape index (κ2) is 4.91. The molecule has 0 aromatic heterocycles. The van der Waals surface area contributed by atoms with Crippen molar-refractivity contribution in [1.29, 1.82) is 0 Å². The Morgan fingerprint density at radius 3 is 2.86 bits per heavy atom. The van der Waals surface area contributed by atoms with E-state index in [1.165, 1.54) is 18.4 Å². The van der Waals surface area contributed by atoms with Gasteiger partial charge in [0.1, 0.15) is 0 Å². The predicted octanol–water partition coefficient (Wildman–Crippen LogP) is 1.86. The molecular weight excluding hydrogens is 172 g/mol. The molecule has 14 heavy (non-hydrogen) atoms. The molecule has 1 aromatic rings. The number of hydrogen-bond donors (Lipinski definition) is 1. The molecule has 1 aliphatic rings. The van der Waals surface area contributed by atoms with Crippen LogP contribution in [0.25, 0.3) is 0 Å². The summed E-state index contributed by atoms with van der Waals surface area (Å²) in [6, 6.07) is 10.8. The summed E-state index contributed by atoms with van der Waals surface area (Å²) >= 11 is 0. The van der Waals surface area contributed by atoms with Gasteiger partial charge in [0.2, 0.25) is 0 Å². The lowest BCUT2D eigenvalue weighted by Gasteiger charge is -2.18. The number of aliphatic imine (C=N–C) groups is 1. The van der Waals surface area contributed by atoms with Crippen molar-refractivity contribution in [1.82, 2.24) is 5.32 Å². The first-order valence-electron chi connectivity index (χ1n) is 5.24. The van der Waals surface area contributed by atoms with Crippen molar-refractivity contribution in [2.45, 2.75) is 18.9 Å². The summed E-state index contributed by atoms with van der Waals surface area (Å²) in [6.07, 6.45) is 4.45. The highest BCUT2D eigenvalue weighted by molar-refractivity contribution is 5.79. The zero-order valence-electron chi connectivity index (χ0n) is 8.32. The van der Waals surface area contributed by atoms with Crippen LogP contribution < -0.4 is 5.32 Å². The van der Waals surface area contributed by atoms with Gasteiger partial charge in [0.05, 0.1) is 6.04 Å². The van der Waals surface area contributed by atoms with Crippen LogP contribution in [-0.2, 0) is 0 Å². The summed E-state index contributed by atoms with van der Waals surface area (Å²) in [5, 5.41) is 3.36. The van der Waals surface area contributed by atoms with E-state index in [-0.39, 0.29) is 0 Å². The average molecular weight is 188 g/mol. The van der Waals surface area contributed by atoms with E-state index in [1.54, 1.807) is 0 Å². The summed E-state index contributed by atoms with van der Waals surface area (Å²) < 4.78 is 0. The third-order valence-corrected chi connectivity index (χ3v) is 2.50. The summed E-state index contributed by atoms with van der Waals surface area (Å²) in [5.74, 6) is 0. The van der Waals surface area contributed by atoms with E-state index >= 15 is 0 Å². The lowest BCUT2D eigenvalue weighted by atomic mass is 10.1. The smallest absolute Gasteiger partial charge is 0.0624 e. The first kappa shape index (κ1) is 9.41. The SMILES string of the molecule is C(=N\C1CCCNC1)/c1ccccc1. The molecule has 1 fully saturated rings. The minimum absolute atomic E-state index is 0.476. The normalized spacial score (nSPS) is 22.7. The van der Waals surface area contributed by atoms with Crippen LogP contribution in [0.1, 0.15) is 18.4 Å². The van der Waals surface area contributed by atoms with E-state index in [0.717, 1.165) is 13.1 Å². The van der Waals surface area contributed by atoms with E-state index in [1.807, 2.05) is 24.4 Å². The van der Waals surface area contributed by atoms with Crippen molar-refractivity contribution >= 4 is 6.21 Å². The highest BCUT2D eigenvalue weighted by Crippen LogP contribution is 2.05. The van der Waals surface area contributed by atoms with E-state index < -0.39 is 0 Å². The number of hydrogen-bond acceptors (Lipinski definition) is 2. The van der Waals surface area contributed by atoms with Gasteiger partial charge < -0.3 is 5.32 Å². The molecular formula is C12H16N2. The molecule has 2 rings (SSSR count). The predicted molar refractivity (Wildman–Crippen MR) is 59.9 cm³/mol. The van der Waals surface area contributed by atoms with Crippen molar-refractivity contribution < 1.29 is 0 Å². The number of benzene rings is 1. The molecule has 1 heterocycles. The molecule has 74 valence electrons. The molecule has 2 heteroatoms. The van der Waals surface area contributed by atoms with E-state index in [2.05, 4.69) is 22.4 Å². The van der Waals surface area contributed by atoms with Crippen LogP contribution in [0, 0.1) is 0 Å². The third-order valence-electron chi connectivity index (χ3n) is 2.50. The molecule has 0 aliphatic carbocycles. The lowest BCUT2D eigenvalue weighted by molar-refractivity contribution is 0.462. The Balaban J connectivity index is 1.93. The molecule has 1 unspecified atom stereocenters. The van der Waals surface area contributed by atoms with Crippen molar-refractivity contribution in [3.63, 3.8) is 0 Å². The van der Waals surface area contributed by atoms with Gasteiger partial charge in [-0.15, -0.1) is 0 Å². The first-order valence-corrected chi connectivity index (χ1v) is 5.24. The number of nitrogens with one attached hydrogen (secondary N) is 1. The molecule has 0 amide bonds. The van der Waals surface area contributed by atoms with Gasteiger partial charge in [0.15, 0.2) is 0 Å². The van der Waals surface area contributed by atoms with Crippen molar-refractivity contribution in [3.05, 3.63) is 35.9 Å². The lowest BCUT2D eigenvalue weighted by Crippen LogP contribution is -2.32. The molecule has 1 N–H and O–H groups in total. The van der Waals surface area contributed by atoms with Crippen LogP contribution in [0.2, 0.25) is 0 Å². The zero-order valence-corrected chi connectivity index (χ0v) is 8.32. The maximum atomic E-state index is 4.57. The topological polar surface area (TPSA) is 24.4 Å². The van der Waals surface area contributed by atoms with Crippen LogP contribution in [0.15, 0.2) is 35.3 Å². The van der Waals surface area contributed by atoms with E-state index in [0.29, 0.717) is 6.04 Å². The Kier molecular flexibility index (Phi) is 3.30. The average Bonchev–Trinajstić information content (AvgIpc) is 2.29. The van der Waals surface area contributed by atoms with E-state index in [4.69, 9.17) is 0 Å². The Morgan fingerprint density at radius 1 is 1.29 bits per heavy atom. The standard InChI is InChI=1S/C12H16N2/c1-2-5-11(6-3-1)9-14-12-7-4-8-13-10-12/h1-3,5-6,9,12-13H,4,7-8,10H2/b14-9+. The van der Waals surface area contributed by atoms with Crippen molar-refractivity contribution in [2.75, 3.05) is 13.1 Å². The van der Waals surface area contributed by atoms with Crippen molar-refractivity contribution in [3.8, 4) is 0 Å². The highest BCUT2D eigenvalue weighted by atomic mass is 14.9. The minimum atomic E-state index is 0.476. The summed E-state index contributed by atoms with van der Waals surface area (Å²) in [7, 11) is 0. The molecule has 2 nitrogen and oxygen atoms in total. The fraction of sp³-hybridized carbons (Fsp3) is 0.417.